The number of hydrogen-bond acceptors (Lipinski definition) is 2. The molecule has 0 aliphatic heterocycles. The Hall–Kier alpha value is -1.12. The molecule has 0 aliphatic rings. The van der Waals surface area contributed by atoms with Gasteiger partial charge in [0.05, 0.1) is 0 Å². The number of likely N-dealkylation sites (N-methyl/N-ethyl adjacent to an activating group) is 1. The Kier molecular flexibility index (Phi) is 5.85. The topological polar surface area (TPSA) is 37.4 Å². The first-order chi connectivity index (χ1) is 6.07. The summed E-state index contributed by atoms with van der Waals surface area (Å²) in [6, 6.07) is 0. The molecule has 0 rings (SSSR count). The van der Waals surface area contributed by atoms with Crippen LogP contribution in [0.3, 0.4) is 0 Å². The molecule has 1 amide bonds. The van der Waals surface area contributed by atoms with Crippen molar-refractivity contribution < 1.29 is 9.59 Å². The van der Waals surface area contributed by atoms with E-state index < -0.39 is 0 Å². The Morgan fingerprint density at radius 2 is 2.00 bits per heavy atom. The van der Waals surface area contributed by atoms with E-state index in [2.05, 4.69) is 0 Å². The largest absolute Gasteiger partial charge is 0.342 e. The molecule has 0 fully saturated rings. The zero-order valence-electron chi connectivity index (χ0n) is 8.54. The van der Waals surface area contributed by atoms with E-state index in [0.717, 1.165) is 6.42 Å². The second-order valence-corrected chi connectivity index (χ2v) is 3.07. The van der Waals surface area contributed by atoms with Crippen molar-refractivity contribution in [2.45, 2.75) is 26.7 Å². The highest BCUT2D eigenvalue weighted by molar-refractivity contribution is 5.87. The lowest BCUT2D eigenvalue weighted by molar-refractivity contribution is -0.125. The van der Waals surface area contributed by atoms with Crippen LogP contribution < -0.4 is 0 Å². The molecule has 0 N–H and O–H groups in total. The summed E-state index contributed by atoms with van der Waals surface area (Å²) in [5, 5.41) is 0. The van der Waals surface area contributed by atoms with E-state index in [0.29, 0.717) is 13.0 Å². The molecule has 0 aromatic carbocycles. The van der Waals surface area contributed by atoms with Crippen LogP contribution in [0.1, 0.15) is 26.7 Å². The van der Waals surface area contributed by atoms with Crippen LogP contribution >= 0.6 is 0 Å². The van der Waals surface area contributed by atoms with Crippen LogP contribution in [0.5, 0.6) is 0 Å². The lowest BCUT2D eigenvalue weighted by Gasteiger charge is -2.13. The highest BCUT2D eigenvalue weighted by Crippen LogP contribution is 1.95. The molecule has 13 heavy (non-hydrogen) atoms. The highest BCUT2D eigenvalue weighted by Gasteiger charge is 2.03. The molecule has 0 atom stereocenters. The average Bonchev–Trinajstić information content (AvgIpc) is 2.04. The minimum atomic E-state index is -0.00829. The van der Waals surface area contributed by atoms with Gasteiger partial charge >= 0.3 is 0 Å². The molecule has 0 aromatic heterocycles. The summed E-state index contributed by atoms with van der Waals surface area (Å²) in [5.41, 5.74) is 0. The summed E-state index contributed by atoms with van der Waals surface area (Å²) in [5.74, 6) is 0.165. The third kappa shape index (κ3) is 6.08. The van der Waals surface area contributed by atoms with Crippen LogP contribution in [-0.4, -0.2) is 30.2 Å². The molecule has 0 aromatic rings. The van der Waals surface area contributed by atoms with E-state index in [1.165, 1.54) is 6.08 Å². The van der Waals surface area contributed by atoms with Crippen LogP contribution in [-0.2, 0) is 9.59 Å². The van der Waals surface area contributed by atoms with Crippen molar-refractivity contribution in [3.05, 3.63) is 12.2 Å². The maximum absolute atomic E-state index is 11.2. The Bertz CT molecular complexity index is 209. The van der Waals surface area contributed by atoms with Crippen molar-refractivity contribution in [2.24, 2.45) is 0 Å². The van der Waals surface area contributed by atoms with Crippen molar-refractivity contribution in [1.82, 2.24) is 4.90 Å². The average molecular weight is 183 g/mol. The van der Waals surface area contributed by atoms with Gasteiger partial charge in [0.1, 0.15) is 5.78 Å². The third-order valence-electron chi connectivity index (χ3n) is 1.71. The lowest BCUT2D eigenvalue weighted by Crippen LogP contribution is -2.26. The quantitative estimate of drug-likeness (QED) is 0.604. The van der Waals surface area contributed by atoms with Crippen molar-refractivity contribution >= 4 is 11.7 Å². The molecule has 74 valence electrons. The van der Waals surface area contributed by atoms with Gasteiger partial charge in [0, 0.05) is 20.0 Å². The molecular weight excluding hydrogens is 166 g/mol. The number of allylic oxidation sites excluding steroid dienone is 1. The first-order valence-electron chi connectivity index (χ1n) is 4.45. The molecule has 3 heteroatoms. The van der Waals surface area contributed by atoms with Gasteiger partial charge in [-0.05, 0) is 26.3 Å². The molecular formula is C10H17NO2. The smallest absolute Gasteiger partial charge is 0.245 e. The molecule has 0 unspecified atom stereocenters. The molecule has 0 saturated carbocycles. The molecule has 0 bridgehead atoms. The fourth-order valence-corrected chi connectivity index (χ4v) is 0.945. The van der Waals surface area contributed by atoms with Gasteiger partial charge in [0.25, 0.3) is 0 Å². The third-order valence-corrected chi connectivity index (χ3v) is 1.71. The van der Waals surface area contributed by atoms with Gasteiger partial charge in [-0.3, -0.25) is 4.79 Å². The molecule has 0 radical (unpaired) electrons. The van der Waals surface area contributed by atoms with Crippen LogP contribution in [0.2, 0.25) is 0 Å². The summed E-state index contributed by atoms with van der Waals surface area (Å²) in [7, 11) is 1.74. The molecule has 3 nitrogen and oxygen atoms in total. The van der Waals surface area contributed by atoms with E-state index in [9.17, 15) is 9.59 Å². The normalized spacial score (nSPS) is 10.4. The van der Waals surface area contributed by atoms with Gasteiger partial charge in [-0.25, -0.2) is 0 Å². The zero-order chi connectivity index (χ0) is 10.3. The van der Waals surface area contributed by atoms with Crippen molar-refractivity contribution in [2.75, 3.05) is 13.6 Å². The monoisotopic (exact) mass is 183 g/mol. The number of carbonyl (C=O) groups excluding carboxylic acids is 2. The van der Waals surface area contributed by atoms with Crippen LogP contribution in [0, 0.1) is 0 Å². The minimum absolute atomic E-state index is 0.00829. The van der Waals surface area contributed by atoms with Crippen LogP contribution in [0.15, 0.2) is 12.2 Å². The number of ketones is 1. The van der Waals surface area contributed by atoms with E-state index in [4.69, 9.17) is 0 Å². The Balaban J connectivity index is 3.67. The second kappa shape index (κ2) is 6.40. The van der Waals surface area contributed by atoms with Crippen molar-refractivity contribution in [3.8, 4) is 0 Å². The van der Waals surface area contributed by atoms with E-state index in [-0.39, 0.29) is 11.7 Å². The van der Waals surface area contributed by atoms with E-state index >= 15 is 0 Å². The number of amides is 1. The lowest BCUT2D eigenvalue weighted by atomic mass is 10.2. The predicted molar refractivity (Wildman–Crippen MR) is 52.4 cm³/mol. The van der Waals surface area contributed by atoms with E-state index in [1.807, 2.05) is 0 Å². The van der Waals surface area contributed by atoms with Gasteiger partial charge in [0.2, 0.25) is 5.91 Å². The predicted octanol–water partition coefficient (Wildman–Crippen LogP) is 1.39. The maximum atomic E-state index is 11.2. The highest BCUT2D eigenvalue weighted by atomic mass is 16.2. The van der Waals surface area contributed by atoms with Gasteiger partial charge in [-0.2, -0.15) is 0 Å². The first-order valence-corrected chi connectivity index (χ1v) is 4.45. The van der Waals surface area contributed by atoms with Gasteiger partial charge in [-0.1, -0.05) is 6.08 Å². The second-order valence-electron chi connectivity index (χ2n) is 3.07. The Morgan fingerprint density at radius 1 is 1.38 bits per heavy atom. The van der Waals surface area contributed by atoms with Gasteiger partial charge < -0.3 is 9.69 Å². The number of hydrogen-bond donors (Lipinski definition) is 0. The van der Waals surface area contributed by atoms with Crippen LogP contribution in [0.25, 0.3) is 0 Å². The number of rotatable bonds is 5. The van der Waals surface area contributed by atoms with Crippen molar-refractivity contribution in [3.63, 3.8) is 0 Å². The summed E-state index contributed by atoms with van der Waals surface area (Å²) in [6.45, 7) is 4.01. The summed E-state index contributed by atoms with van der Waals surface area (Å²) < 4.78 is 0. The first kappa shape index (κ1) is 11.9. The van der Waals surface area contributed by atoms with Gasteiger partial charge in [0.15, 0.2) is 0 Å². The SMILES string of the molecule is C/C=C\C(=O)N(C)CCCC(C)=O. The Morgan fingerprint density at radius 3 is 2.46 bits per heavy atom. The fraction of sp³-hybridized carbons (Fsp3) is 0.600. The summed E-state index contributed by atoms with van der Waals surface area (Å²) in [6.07, 6.45) is 4.53. The fourth-order valence-electron chi connectivity index (χ4n) is 0.945. The summed E-state index contributed by atoms with van der Waals surface area (Å²) in [4.78, 5) is 23.4. The Labute approximate surface area is 79.4 Å². The van der Waals surface area contributed by atoms with Gasteiger partial charge in [-0.15, -0.1) is 0 Å². The zero-order valence-corrected chi connectivity index (χ0v) is 8.54. The molecule has 0 heterocycles. The number of nitrogens with zero attached hydrogens (tertiary/aromatic N) is 1. The minimum Gasteiger partial charge on any atom is -0.342 e. The van der Waals surface area contributed by atoms with Crippen LogP contribution in [0.4, 0.5) is 0 Å². The molecule has 0 saturated heterocycles. The number of Topliss-reactive ketones (excluding diaryl/α,β-unsaturated/α-hetero) is 1. The number of carbonyl (C=O) groups is 2. The standard InChI is InChI=1S/C10H17NO2/c1-4-6-10(13)11(3)8-5-7-9(2)12/h4,6H,5,7-8H2,1-3H3/b6-4-. The summed E-state index contributed by atoms with van der Waals surface area (Å²) >= 11 is 0. The van der Waals surface area contributed by atoms with E-state index in [1.54, 1.807) is 31.9 Å². The van der Waals surface area contributed by atoms with Crippen molar-refractivity contribution in [1.29, 1.82) is 0 Å². The molecule has 0 aliphatic carbocycles. The maximum Gasteiger partial charge on any atom is 0.245 e. The molecule has 0 spiro atoms.